The summed E-state index contributed by atoms with van der Waals surface area (Å²) in [5.74, 6) is -1.40. The van der Waals surface area contributed by atoms with Crippen LogP contribution in [0.25, 0.3) is 16.3 Å². The van der Waals surface area contributed by atoms with Gasteiger partial charge in [-0.15, -0.1) is 0 Å². The zero-order valence-electron chi connectivity index (χ0n) is 16.0. The van der Waals surface area contributed by atoms with E-state index in [1.807, 2.05) is 41.3 Å². The summed E-state index contributed by atoms with van der Waals surface area (Å²) in [5.41, 5.74) is 1.66. The largest absolute Gasteiger partial charge is 0.748 e. The number of thioether (sulfide) groups is 1. The van der Waals surface area contributed by atoms with Gasteiger partial charge >= 0.3 is 5.97 Å². The van der Waals surface area contributed by atoms with Crippen molar-refractivity contribution in [2.45, 2.75) is 17.9 Å². The highest BCUT2D eigenvalue weighted by molar-refractivity contribution is 8.03. The maximum Gasteiger partial charge on any atom is 0.370 e. The van der Waals surface area contributed by atoms with E-state index >= 15 is 0 Å². The Labute approximate surface area is 192 Å². The summed E-state index contributed by atoms with van der Waals surface area (Å²) in [6.07, 6.45) is 2.06. The molecular weight excluding hydrogens is 480 g/mol. The van der Waals surface area contributed by atoms with E-state index in [0.29, 0.717) is 11.6 Å². The molecule has 31 heavy (non-hydrogen) atoms. The van der Waals surface area contributed by atoms with Crippen LogP contribution in [0.4, 0.5) is 5.69 Å². The SMILES string of the molecule is O=C(O)C[n+]1c(C=C2Sc3ccc(Cl)cc3N2CCCS(=O)(=O)[O-])sc2ccccc21. The molecule has 3 aromatic rings. The first kappa shape index (κ1) is 22.1. The summed E-state index contributed by atoms with van der Waals surface area (Å²) in [7, 11) is -4.31. The molecule has 11 heteroatoms. The average Bonchev–Trinajstić information content (AvgIpc) is 3.19. The highest BCUT2D eigenvalue weighted by Gasteiger charge is 2.28. The minimum Gasteiger partial charge on any atom is -0.748 e. The Morgan fingerprint density at radius 1 is 1.26 bits per heavy atom. The minimum absolute atomic E-state index is 0.164. The zero-order valence-corrected chi connectivity index (χ0v) is 19.2. The van der Waals surface area contributed by atoms with Crippen molar-refractivity contribution in [3.63, 3.8) is 0 Å². The molecule has 7 nitrogen and oxygen atoms in total. The van der Waals surface area contributed by atoms with Crippen LogP contribution in [0.2, 0.25) is 5.02 Å². The number of halogens is 1. The number of rotatable bonds is 7. The average molecular weight is 497 g/mol. The van der Waals surface area contributed by atoms with E-state index < -0.39 is 21.8 Å². The summed E-state index contributed by atoms with van der Waals surface area (Å²) in [4.78, 5) is 14.3. The molecule has 1 aliphatic heterocycles. The first-order valence-electron chi connectivity index (χ1n) is 9.25. The number of thiazole rings is 1. The Kier molecular flexibility index (Phi) is 6.27. The Morgan fingerprint density at radius 3 is 2.77 bits per heavy atom. The van der Waals surface area contributed by atoms with E-state index in [2.05, 4.69) is 0 Å². The Balaban J connectivity index is 1.75. The summed E-state index contributed by atoms with van der Waals surface area (Å²) < 4.78 is 35.9. The van der Waals surface area contributed by atoms with Crippen molar-refractivity contribution in [1.82, 2.24) is 0 Å². The lowest BCUT2D eigenvalue weighted by Crippen LogP contribution is -2.39. The zero-order chi connectivity index (χ0) is 22.2. The maximum absolute atomic E-state index is 11.5. The predicted octanol–water partition coefficient (Wildman–Crippen LogP) is 3.77. The lowest BCUT2D eigenvalue weighted by Gasteiger charge is -2.20. The summed E-state index contributed by atoms with van der Waals surface area (Å²) in [5, 5.41) is 11.5. The number of aliphatic carboxylic acids is 1. The van der Waals surface area contributed by atoms with Gasteiger partial charge in [0.05, 0.1) is 26.9 Å². The predicted molar refractivity (Wildman–Crippen MR) is 121 cm³/mol. The van der Waals surface area contributed by atoms with Crippen LogP contribution in [-0.2, 0) is 21.5 Å². The quantitative estimate of drug-likeness (QED) is 0.392. The number of hydrogen-bond acceptors (Lipinski definition) is 7. The van der Waals surface area contributed by atoms with Crippen LogP contribution in [0, 0.1) is 0 Å². The summed E-state index contributed by atoms with van der Waals surface area (Å²) in [6.45, 7) is 0.137. The number of anilines is 1. The first-order chi connectivity index (χ1) is 14.7. The molecule has 1 N–H and O–H groups in total. The van der Waals surface area contributed by atoms with E-state index in [0.717, 1.165) is 30.8 Å². The molecule has 0 saturated heterocycles. The number of fused-ring (bicyclic) bond motifs is 2. The fourth-order valence-electron chi connectivity index (χ4n) is 3.38. The van der Waals surface area contributed by atoms with Gasteiger partial charge in [0.15, 0.2) is 0 Å². The van der Waals surface area contributed by atoms with Gasteiger partial charge in [-0.2, -0.15) is 4.57 Å². The molecule has 0 saturated carbocycles. The van der Waals surface area contributed by atoms with Crippen molar-refractivity contribution >= 4 is 72.8 Å². The van der Waals surface area contributed by atoms with Gasteiger partial charge in [0.25, 0.3) is 5.01 Å². The third kappa shape index (κ3) is 5.04. The van der Waals surface area contributed by atoms with Crippen LogP contribution < -0.4 is 9.47 Å². The number of aromatic nitrogens is 1. The van der Waals surface area contributed by atoms with Crippen molar-refractivity contribution in [2.24, 2.45) is 0 Å². The number of hydrogen-bond donors (Lipinski definition) is 1. The molecular formula is C20H17ClN2O5S3. The second-order valence-corrected chi connectivity index (χ2v) is 10.9. The second kappa shape index (κ2) is 8.79. The fraction of sp³-hybridized carbons (Fsp3) is 0.200. The highest BCUT2D eigenvalue weighted by Crippen LogP contribution is 2.47. The van der Waals surface area contributed by atoms with Crippen LogP contribution in [-0.4, -0.2) is 36.3 Å². The smallest absolute Gasteiger partial charge is 0.370 e. The molecule has 0 amide bonds. The molecule has 2 aromatic carbocycles. The molecule has 0 fully saturated rings. The second-order valence-electron chi connectivity index (χ2n) is 6.85. The fourth-order valence-corrected chi connectivity index (χ4v) is 6.30. The molecule has 0 unspecified atom stereocenters. The summed E-state index contributed by atoms with van der Waals surface area (Å²) >= 11 is 9.14. The van der Waals surface area contributed by atoms with Gasteiger partial charge in [-0.05, 0) is 30.7 Å². The normalized spacial score (nSPS) is 15.0. The number of nitrogens with zero attached hydrogens (tertiary/aromatic N) is 2. The Bertz CT molecular complexity index is 1300. The molecule has 0 atom stereocenters. The van der Waals surface area contributed by atoms with E-state index in [-0.39, 0.29) is 13.0 Å². The molecule has 2 heterocycles. The lowest BCUT2D eigenvalue weighted by atomic mass is 10.2. The molecule has 0 radical (unpaired) electrons. The number of carbonyl (C=O) groups is 1. The molecule has 162 valence electrons. The van der Waals surface area contributed by atoms with Crippen LogP contribution in [0.3, 0.4) is 0 Å². The van der Waals surface area contributed by atoms with Crippen LogP contribution in [0.5, 0.6) is 0 Å². The topological polar surface area (TPSA) is 102 Å². The van der Waals surface area contributed by atoms with Gasteiger partial charge in [0.1, 0.15) is 4.70 Å². The number of para-hydroxylation sites is 1. The van der Waals surface area contributed by atoms with E-state index in [4.69, 9.17) is 11.6 Å². The molecule has 0 spiro atoms. The molecule has 4 rings (SSSR count). The van der Waals surface area contributed by atoms with Crippen LogP contribution in [0.15, 0.2) is 52.4 Å². The molecule has 1 aromatic heterocycles. The van der Waals surface area contributed by atoms with Gasteiger partial charge in [0, 0.05) is 28.3 Å². The monoisotopic (exact) mass is 496 g/mol. The van der Waals surface area contributed by atoms with Gasteiger partial charge in [-0.3, -0.25) is 0 Å². The van der Waals surface area contributed by atoms with Gasteiger partial charge in [0.2, 0.25) is 12.1 Å². The standard InChI is InChI=1S/C20H17ClN2O5S3/c21-13-6-7-17-15(10-13)22(8-3-9-31(26,27)28)18(30-17)11-19-23(12-20(24)25)14-4-1-2-5-16(14)29-19/h1-2,4-7,10-11H,3,8-9,12H2,(H-,24,25,26,27,28). The minimum atomic E-state index is -4.31. The van der Waals surface area contributed by atoms with Crippen molar-refractivity contribution < 1.29 is 27.4 Å². The lowest BCUT2D eigenvalue weighted by molar-refractivity contribution is -0.657. The molecule has 0 aliphatic carbocycles. The van der Waals surface area contributed by atoms with Crippen molar-refractivity contribution in [3.8, 4) is 0 Å². The Morgan fingerprint density at radius 2 is 2.03 bits per heavy atom. The third-order valence-corrected chi connectivity index (χ3v) is 7.89. The number of benzene rings is 2. The van der Waals surface area contributed by atoms with E-state index in [1.54, 1.807) is 16.7 Å². The molecule has 0 bridgehead atoms. The maximum atomic E-state index is 11.5. The first-order valence-corrected chi connectivity index (χ1v) is 12.8. The highest BCUT2D eigenvalue weighted by atomic mass is 35.5. The molecule has 1 aliphatic rings. The van der Waals surface area contributed by atoms with Gasteiger partial charge in [-0.1, -0.05) is 46.8 Å². The summed E-state index contributed by atoms with van der Waals surface area (Å²) in [6, 6.07) is 13.0. The van der Waals surface area contributed by atoms with E-state index in [1.165, 1.54) is 23.1 Å². The van der Waals surface area contributed by atoms with Gasteiger partial charge < -0.3 is 14.6 Å². The van der Waals surface area contributed by atoms with Gasteiger partial charge in [-0.25, -0.2) is 13.2 Å². The van der Waals surface area contributed by atoms with Crippen LogP contribution in [0.1, 0.15) is 11.4 Å². The van der Waals surface area contributed by atoms with E-state index in [9.17, 15) is 22.9 Å². The van der Waals surface area contributed by atoms with Crippen molar-refractivity contribution in [3.05, 3.63) is 57.5 Å². The van der Waals surface area contributed by atoms with Crippen LogP contribution >= 0.6 is 34.7 Å². The third-order valence-electron chi connectivity index (χ3n) is 4.65. The Hall–Kier alpha value is -2.11. The number of carboxylic acid groups (broad SMARTS) is 1. The number of carboxylic acids is 1. The van der Waals surface area contributed by atoms with Crippen molar-refractivity contribution in [1.29, 1.82) is 0 Å². The van der Waals surface area contributed by atoms with Crippen molar-refractivity contribution in [2.75, 3.05) is 17.2 Å².